The molecule has 2 heterocycles. The van der Waals surface area contributed by atoms with Crippen molar-refractivity contribution in [1.29, 1.82) is 5.26 Å². The van der Waals surface area contributed by atoms with Gasteiger partial charge in [0.2, 0.25) is 0 Å². The molecule has 2 aromatic heterocycles. The Hall–Kier alpha value is -2.45. The second kappa shape index (κ2) is 7.66. The van der Waals surface area contributed by atoms with E-state index >= 15 is 0 Å². The molecule has 140 valence electrons. The first-order chi connectivity index (χ1) is 12.9. The summed E-state index contributed by atoms with van der Waals surface area (Å²) in [6.45, 7) is 9.12. The molecular formula is C22H25N3OS. The SMILES string of the molecule is CCc1nc2scc(-c3ccc(C(C)(C)C)cc3)c2c(=O)n1CCCC#N. The van der Waals surface area contributed by atoms with E-state index in [1.54, 1.807) is 4.57 Å². The maximum Gasteiger partial charge on any atom is 0.262 e. The molecule has 0 spiro atoms. The molecule has 0 unspecified atom stereocenters. The van der Waals surface area contributed by atoms with E-state index in [4.69, 9.17) is 10.2 Å². The van der Waals surface area contributed by atoms with Crippen LogP contribution in [0.15, 0.2) is 34.4 Å². The van der Waals surface area contributed by atoms with Crippen LogP contribution < -0.4 is 5.56 Å². The summed E-state index contributed by atoms with van der Waals surface area (Å²) >= 11 is 1.52. The molecule has 3 aromatic rings. The Bertz CT molecular complexity index is 1050. The van der Waals surface area contributed by atoms with E-state index in [0.29, 0.717) is 31.2 Å². The first-order valence-corrected chi connectivity index (χ1v) is 10.2. The number of benzene rings is 1. The van der Waals surface area contributed by atoms with Crippen LogP contribution in [-0.4, -0.2) is 9.55 Å². The van der Waals surface area contributed by atoms with Crippen LogP contribution in [0.2, 0.25) is 0 Å². The molecule has 0 aliphatic rings. The van der Waals surface area contributed by atoms with Crippen LogP contribution in [0.1, 0.15) is 51.9 Å². The van der Waals surface area contributed by atoms with Gasteiger partial charge in [-0.05, 0) is 23.0 Å². The molecule has 1 aromatic carbocycles. The largest absolute Gasteiger partial charge is 0.296 e. The molecule has 0 aliphatic carbocycles. The second-order valence-corrected chi connectivity index (χ2v) is 8.62. The van der Waals surface area contributed by atoms with Crippen molar-refractivity contribution in [2.24, 2.45) is 0 Å². The monoisotopic (exact) mass is 379 g/mol. The van der Waals surface area contributed by atoms with Gasteiger partial charge in [-0.2, -0.15) is 5.26 Å². The molecule has 3 rings (SSSR count). The fourth-order valence-corrected chi connectivity index (χ4v) is 4.20. The van der Waals surface area contributed by atoms with Crippen molar-refractivity contribution < 1.29 is 0 Å². The normalized spacial score (nSPS) is 11.7. The number of fused-ring (bicyclic) bond motifs is 1. The van der Waals surface area contributed by atoms with Crippen molar-refractivity contribution in [3.63, 3.8) is 0 Å². The highest BCUT2D eigenvalue weighted by atomic mass is 32.1. The third-order valence-corrected chi connectivity index (χ3v) is 5.69. The third-order valence-electron chi connectivity index (χ3n) is 4.82. The van der Waals surface area contributed by atoms with Crippen LogP contribution in [-0.2, 0) is 18.4 Å². The molecule has 0 bridgehead atoms. The number of aryl methyl sites for hydroxylation is 1. The quantitative estimate of drug-likeness (QED) is 0.566. The van der Waals surface area contributed by atoms with Gasteiger partial charge in [0, 0.05) is 30.3 Å². The number of rotatable bonds is 5. The average molecular weight is 380 g/mol. The Morgan fingerprint density at radius 1 is 1.22 bits per heavy atom. The minimum Gasteiger partial charge on any atom is -0.296 e. The van der Waals surface area contributed by atoms with Gasteiger partial charge in [-0.3, -0.25) is 9.36 Å². The molecule has 0 radical (unpaired) electrons. The molecule has 5 heteroatoms. The van der Waals surface area contributed by atoms with Gasteiger partial charge < -0.3 is 0 Å². The van der Waals surface area contributed by atoms with Crippen molar-refractivity contribution in [3.05, 3.63) is 51.4 Å². The summed E-state index contributed by atoms with van der Waals surface area (Å²) in [5.41, 5.74) is 3.36. The number of aromatic nitrogens is 2. The van der Waals surface area contributed by atoms with E-state index in [0.717, 1.165) is 21.8 Å². The molecule has 0 saturated heterocycles. The predicted octanol–water partition coefficient (Wildman–Crippen LogP) is 5.29. The molecule has 0 saturated carbocycles. The molecule has 0 fully saturated rings. The molecular weight excluding hydrogens is 354 g/mol. The van der Waals surface area contributed by atoms with Crippen LogP contribution in [0.25, 0.3) is 21.3 Å². The highest BCUT2D eigenvalue weighted by Gasteiger charge is 2.18. The van der Waals surface area contributed by atoms with Gasteiger partial charge in [0.05, 0.1) is 11.5 Å². The van der Waals surface area contributed by atoms with Crippen molar-refractivity contribution >= 4 is 21.6 Å². The van der Waals surface area contributed by atoms with Crippen LogP contribution in [0.3, 0.4) is 0 Å². The summed E-state index contributed by atoms with van der Waals surface area (Å²) in [6, 6.07) is 10.6. The first kappa shape index (κ1) is 19.3. The van der Waals surface area contributed by atoms with Crippen molar-refractivity contribution in [2.75, 3.05) is 0 Å². The van der Waals surface area contributed by atoms with E-state index in [2.05, 4.69) is 51.1 Å². The van der Waals surface area contributed by atoms with E-state index in [-0.39, 0.29) is 11.0 Å². The van der Waals surface area contributed by atoms with E-state index in [1.165, 1.54) is 16.9 Å². The minimum absolute atomic E-state index is 0.00550. The summed E-state index contributed by atoms with van der Waals surface area (Å²) < 4.78 is 1.75. The number of thiophene rings is 1. The van der Waals surface area contributed by atoms with Crippen LogP contribution in [0.5, 0.6) is 0 Å². The number of unbranched alkanes of at least 4 members (excludes halogenated alkanes) is 1. The molecule has 0 amide bonds. The summed E-state index contributed by atoms with van der Waals surface area (Å²) in [7, 11) is 0. The topological polar surface area (TPSA) is 58.7 Å². The lowest BCUT2D eigenvalue weighted by Crippen LogP contribution is -2.25. The lowest BCUT2D eigenvalue weighted by Gasteiger charge is -2.19. The first-order valence-electron chi connectivity index (χ1n) is 9.35. The lowest BCUT2D eigenvalue weighted by molar-refractivity contribution is 0.590. The van der Waals surface area contributed by atoms with Gasteiger partial charge in [0.25, 0.3) is 5.56 Å². The van der Waals surface area contributed by atoms with Gasteiger partial charge >= 0.3 is 0 Å². The summed E-state index contributed by atoms with van der Waals surface area (Å²) in [4.78, 5) is 18.8. The predicted molar refractivity (Wildman–Crippen MR) is 112 cm³/mol. The standard InChI is InChI=1S/C22H25N3OS/c1-5-18-24-20-19(21(26)25(18)13-7-6-12-23)17(14-27-20)15-8-10-16(11-9-15)22(2,3)4/h8-11,14H,5-7,13H2,1-4H3. The Morgan fingerprint density at radius 2 is 1.93 bits per heavy atom. The fourth-order valence-electron chi connectivity index (χ4n) is 3.25. The van der Waals surface area contributed by atoms with Gasteiger partial charge in [-0.25, -0.2) is 4.98 Å². The summed E-state index contributed by atoms with van der Waals surface area (Å²) in [5.74, 6) is 0.793. The molecule has 0 N–H and O–H groups in total. The van der Waals surface area contributed by atoms with Gasteiger partial charge in [-0.15, -0.1) is 11.3 Å². The fraction of sp³-hybridized carbons (Fsp3) is 0.409. The van der Waals surface area contributed by atoms with Gasteiger partial charge in [0.1, 0.15) is 10.7 Å². The highest BCUT2D eigenvalue weighted by Crippen LogP contribution is 2.32. The average Bonchev–Trinajstić information content (AvgIpc) is 3.07. The number of nitriles is 1. The smallest absolute Gasteiger partial charge is 0.262 e. The van der Waals surface area contributed by atoms with Crippen molar-refractivity contribution in [1.82, 2.24) is 9.55 Å². The molecule has 27 heavy (non-hydrogen) atoms. The molecule has 0 atom stereocenters. The minimum atomic E-state index is 0.00550. The van der Waals surface area contributed by atoms with E-state index in [1.807, 2.05) is 12.3 Å². The Morgan fingerprint density at radius 3 is 2.52 bits per heavy atom. The van der Waals surface area contributed by atoms with Crippen LogP contribution in [0, 0.1) is 11.3 Å². The Balaban J connectivity index is 2.11. The Labute approximate surface area is 164 Å². The van der Waals surface area contributed by atoms with Gasteiger partial charge in [-0.1, -0.05) is 52.0 Å². The number of hydrogen-bond acceptors (Lipinski definition) is 4. The summed E-state index contributed by atoms with van der Waals surface area (Å²) in [5, 5.41) is 11.5. The van der Waals surface area contributed by atoms with Crippen LogP contribution in [0.4, 0.5) is 0 Å². The number of hydrogen-bond donors (Lipinski definition) is 0. The van der Waals surface area contributed by atoms with Gasteiger partial charge in [0.15, 0.2) is 0 Å². The zero-order chi connectivity index (χ0) is 19.6. The maximum absolute atomic E-state index is 13.2. The van der Waals surface area contributed by atoms with Crippen LogP contribution >= 0.6 is 11.3 Å². The van der Waals surface area contributed by atoms with Crippen molar-refractivity contribution in [3.8, 4) is 17.2 Å². The van der Waals surface area contributed by atoms with Crippen molar-refractivity contribution in [2.45, 2.75) is 58.9 Å². The third kappa shape index (κ3) is 3.81. The second-order valence-electron chi connectivity index (χ2n) is 7.76. The maximum atomic E-state index is 13.2. The van der Waals surface area contributed by atoms with E-state index < -0.39 is 0 Å². The molecule has 0 aliphatic heterocycles. The molecule has 4 nitrogen and oxygen atoms in total. The zero-order valence-corrected chi connectivity index (χ0v) is 17.2. The number of nitrogens with zero attached hydrogens (tertiary/aromatic N) is 3. The lowest BCUT2D eigenvalue weighted by atomic mass is 9.86. The highest BCUT2D eigenvalue weighted by molar-refractivity contribution is 7.17. The zero-order valence-electron chi connectivity index (χ0n) is 16.4. The summed E-state index contributed by atoms with van der Waals surface area (Å²) in [6.07, 6.45) is 1.81. The van der Waals surface area contributed by atoms with E-state index in [9.17, 15) is 4.79 Å². The Kier molecular flexibility index (Phi) is 5.48.